The van der Waals surface area contributed by atoms with Crippen LogP contribution in [-0.2, 0) is 14.3 Å². The van der Waals surface area contributed by atoms with Gasteiger partial charge in [-0.2, -0.15) is 5.10 Å². The van der Waals surface area contributed by atoms with Gasteiger partial charge in [0.2, 0.25) is 0 Å². The predicted octanol–water partition coefficient (Wildman–Crippen LogP) is 2.67. The Balaban J connectivity index is 1.86. The fraction of sp³-hybridized carbons (Fsp3) is 0.158. The molecule has 2 amide bonds. The quantitative estimate of drug-likeness (QED) is 0.262. The molecule has 0 aliphatic heterocycles. The molecular formula is C19H19N3O4S. The molecule has 0 spiro atoms. The van der Waals surface area contributed by atoms with Crippen LogP contribution in [0.1, 0.15) is 22.8 Å². The molecule has 0 radical (unpaired) electrons. The summed E-state index contributed by atoms with van der Waals surface area (Å²) < 4.78 is 4.87. The van der Waals surface area contributed by atoms with E-state index in [1.54, 1.807) is 18.7 Å². The highest BCUT2D eigenvalue weighted by molar-refractivity contribution is 7.98. The highest BCUT2D eigenvalue weighted by atomic mass is 32.2. The van der Waals surface area contributed by atoms with Crippen molar-refractivity contribution < 1.29 is 19.1 Å². The minimum atomic E-state index is -0.901. The van der Waals surface area contributed by atoms with Gasteiger partial charge in [0.15, 0.2) is 0 Å². The summed E-state index contributed by atoms with van der Waals surface area (Å²) in [5, 5.41) is 6.19. The minimum absolute atomic E-state index is 0.278. The van der Waals surface area contributed by atoms with E-state index in [2.05, 4.69) is 15.8 Å². The first-order valence-electron chi connectivity index (χ1n) is 8.09. The third kappa shape index (κ3) is 6.27. The van der Waals surface area contributed by atoms with Crippen molar-refractivity contribution in [2.24, 2.45) is 5.10 Å². The Morgan fingerprint density at radius 3 is 2.30 bits per heavy atom. The summed E-state index contributed by atoms with van der Waals surface area (Å²) in [6.45, 7) is 1.99. The number of anilines is 1. The van der Waals surface area contributed by atoms with Gasteiger partial charge >= 0.3 is 17.8 Å². The fourth-order valence-electron chi connectivity index (χ4n) is 2.00. The van der Waals surface area contributed by atoms with Crippen molar-refractivity contribution in [2.75, 3.05) is 18.2 Å². The van der Waals surface area contributed by atoms with Crippen LogP contribution in [0.15, 0.2) is 58.5 Å². The highest BCUT2D eigenvalue weighted by Gasteiger charge is 2.13. The molecule has 0 bridgehead atoms. The fourth-order valence-corrected chi connectivity index (χ4v) is 2.41. The zero-order chi connectivity index (χ0) is 19.6. The third-order valence-corrected chi connectivity index (χ3v) is 4.10. The lowest BCUT2D eigenvalue weighted by molar-refractivity contribution is -0.136. The van der Waals surface area contributed by atoms with Crippen LogP contribution < -0.4 is 10.7 Å². The molecule has 2 rings (SSSR count). The highest BCUT2D eigenvalue weighted by Crippen LogP contribution is 2.14. The average molecular weight is 385 g/mol. The number of nitrogens with zero attached hydrogens (tertiary/aromatic N) is 1. The Morgan fingerprint density at radius 1 is 1.04 bits per heavy atom. The van der Waals surface area contributed by atoms with Crippen LogP contribution in [0.5, 0.6) is 0 Å². The molecule has 0 heterocycles. The summed E-state index contributed by atoms with van der Waals surface area (Å²) in [6.07, 6.45) is 3.43. The normalized spacial score (nSPS) is 10.4. The van der Waals surface area contributed by atoms with E-state index in [0.717, 1.165) is 10.5 Å². The molecule has 7 nitrogen and oxygen atoms in total. The van der Waals surface area contributed by atoms with Gasteiger partial charge in [0, 0.05) is 10.6 Å². The van der Waals surface area contributed by atoms with Crippen molar-refractivity contribution in [2.45, 2.75) is 11.8 Å². The second-order valence-electron chi connectivity index (χ2n) is 5.22. The molecule has 2 aromatic carbocycles. The van der Waals surface area contributed by atoms with Crippen molar-refractivity contribution in [3.05, 3.63) is 59.7 Å². The Labute approximate surface area is 161 Å². The van der Waals surface area contributed by atoms with E-state index in [4.69, 9.17) is 4.74 Å². The van der Waals surface area contributed by atoms with Gasteiger partial charge in [-0.3, -0.25) is 9.59 Å². The molecule has 0 aliphatic rings. The Hall–Kier alpha value is -3.13. The number of benzene rings is 2. The molecule has 0 fully saturated rings. The van der Waals surface area contributed by atoms with Crippen molar-refractivity contribution in [3.63, 3.8) is 0 Å². The Kier molecular flexibility index (Phi) is 7.57. The van der Waals surface area contributed by atoms with Gasteiger partial charge in [-0.15, -0.1) is 11.8 Å². The first-order valence-corrected chi connectivity index (χ1v) is 9.31. The second-order valence-corrected chi connectivity index (χ2v) is 6.10. The first-order chi connectivity index (χ1) is 13.0. The maximum atomic E-state index is 11.9. The number of thioether (sulfide) groups is 1. The molecule has 0 aliphatic carbocycles. The van der Waals surface area contributed by atoms with E-state index < -0.39 is 17.8 Å². The SMILES string of the molecule is CCOC(=O)c1ccc(NC(=O)C(=O)N/N=C\c2ccc(SC)cc2)cc1. The van der Waals surface area contributed by atoms with Crippen LogP contribution in [0.25, 0.3) is 0 Å². The average Bonchev–Trinajstić information content (AvgIpc) is 2.69. The van der Waals surface area contributed by atoms with Gasteiger partial charge in [-0.1, -0.05) is 12.1 Å². The smallest absolute Gasteiger partial charge is 0.338 e. The molecule has 2 aromatic rings. The number of ether oxygens (including phenoxy) is 1. The van der Waals surface area contributed by atoms with Crippen LogP contribution in [0.4, 0.5) is 5.69 Å². The van der Waals surface area contributed by atoms with Crippen molar-refractivity contribution in [1.82, 2.24) is 5.43 Å². The van der Waals surface area contributed by atoms with Gasteiger partial charge < -0.3 is 10.1 Å². The Bertz CT molecular complexity index is 833. The summed E-state index contributed by atoms with van der Waals surface area (Å²) in [4.78, 5) is 36.3. The van der Waals surface area contributed by atoms with Crippen molar-refractivity contribution >= 4 is 41.4 Å². The first kappa shape index (κ1) is 20.2. The summed E-state index contributed by atoms with van der Waals surface area (Å²) >= 11 is 1.62. The zero-order valence-corrected chi connectivity index (χ0v) is 15.7. The molecule has 0 atom stereocenters. The van der Waals surface area contributed by atoms with Crippen LogP contribution in [0, 0.1) is 0 Å². The molecule has 0 saturated carbocycles. The van der Waals surface area contributed by atoms with E-state index in [9.17, 15) is 14.4 Å². The maximum absolute atomic E-state index is 11.9. The van der Waals surface area contributed by atoms with Crippen molar-refractivity contribution in [1.29, 1.82) is 0 Å². The third-order valence-electron chi connectivity index (χ3n) is 3.36. The summed E-state index contributed by atoms with van der Waals surface area (Å²) in [7, 11) is 0. The molecule has 8 heteroatoms. The van der Waals surface area contributed by atoms with E-state index >= 15 is 0 Å². The summed E-state index contributed by atoms with van der Waals surface area (Å²) in [6, 6.07) is 13.6. The van der Waals surface area contributed by atoms with Gasteiger partial charge in [0.25, 0.3) is 0 Å². The maximum Gasteiger partial charge on any atom is 0.338 e. The zero-order valence-electron chi connectivity index (χ0n) is 14.9. The van der Waals surface area contributed by atoms with Gasteiger partial charge in [-0.25, -0.2) is 10.2 Å². The second kappa shape index (κ2) is 10.1. The van der Waals surface area contributed by atoms with Gasteiger partial charge in [0.05, 0.1) is 18.4 Å². The van der Waals surface area contributed by atoms with Crippen LogP contribution in [0.2, 0.25) is 0 Å². The number of hydrazone groups is 1. The van der Waals surface area contributed by atoms with E-state index in [0.29, 0.717) is 11.3 Å². The number of esters is 1. The number of nitrogens with one attached hydrogen (secondary N) is 2. The van der Waals surface area contributed by atoms with Crippen LogP contribution >= 0.6 is 11.8 Å². The molecule has 2 N–H and O–H groups in total. The van der Waals surface area contributed by atoms with Crippen LogP contribution in [-0.4, -0.2) is 36.9 Å². The summed E-state index contributed by atoms with van der Waals surface area (Å²) in [5.74, 6) is -2.22. The minimum Gasteiger partial charge on any atom is -0.462 e. The molecule has 27 heavy (non-hydrogen) atoms. The van der Waals surface area contributed by atoms with E-state index in [-0.39, 0.29) is 6.61 Å². The Morgan fingerprint density at radius 2 is 1.70 bits per heavy atom. The number of rotatable bonds is 6. The number of hydrogen-bond acceptors (Lipinski definition) is 6. The standard InChI is InChI=1S/C19H19N3O4S/c1-3-26-19(25)14-6-8-15(9-7-14)21-17(23)18(24)22-20-12-13-4-10-16(27-2)11-5-13/h4-12H,3H2,1-2H3,(H,21,23)(H,22,24)/b20-12-. The topological polar surface area (TPSA) is 96.9 Å². The van der Waals surface area contributed by atoms with Gasteiger partial charge in [0.1, 0.15) is 0 Å². The van der Waals surface area contributed by atoms with Crippen molar-refractivity contribution in [3.8, 4) is 0 Å². The molecular weight excluding hydrogens is 366 g/mol. The summed E-state index contributed by atoms with van der Waals surface area (Å²) in [5.41, 5.74) is 3.69. The number of hydrogen-bond donors (Lipinski definition) is 2. The van der Waals surface area contributed by atoms with Gasteiger partial charge in [-0.05, 0) is 55.1 Å². The lowest BCUT2D eigenvalue weighted by Gasteiger charge is -2.05. The van der Waals surface area contributed by atoms with E-state index in [1.807, 2.05) is 30.5 Å². The number of amides is 2. The lowest BCUT2D eigenvalue weighted by Crippen LogP contribution is -2.32. The lowest BCUT2D eigenvalue weighted by atomic mass is 10.2. The van der Waals surface area contributed by atoms with E-state index in [1.165, 1.54) is 30.5 Å². The molecule has 0 aromatic heterocycles. The van der Waals surface area contributed by atoms with Crippen LogP contribution in [0.3, 0.4) is 0 Å². The molecule has 0 unspecified atom stereocenters. The number of carbonyl (C=O) groups excluding carboxylic acids is 3. The monoisotopic (exact) mass is 385 g/mol. The largest absolute Gasteiger partial charge is 0.462 e. The molecule has 140 valence electrons. The number of carbonyl (C=O) groups is 3. The molecule has 0 saturated heterocycles. The predicted molar refractivity (Wildman–Crippen MR) is 105 cm³/mol.